The molecule has 1 atom stereocenters. The van der Waals surface area contributed by atoms with E-state index in [0.717, 1.165) is 19.2 Å². The molecule has 0 N–H and O–H groups in total. The first-order chi connectivity index (χ1) is 9.15. The minimum absolute atomic E-state index is 0.415. The molecule has 0 amide bonds. The SMILES string of the molecule is S=C1N=c2sc(Br)cc2=COC1c1ccccc1Cl. The second-order valence-corrected chi connectivity index (χ2v) is 7.15. The maximum atomic E-state index is 6.19. The molecule has 2 aromatic rings. The summed E-state index contributed by atoms with van der Waals surface area (Å²) in [5.41, 5.74) is 0.836. The summed E-state index contributed by atoms with van der Waals surface area (Å²) >= 11 is 16.5. The lowest BCUT2D eigenvalue weighted by Crippen LogP contribution is -2.17. The van der Waals surface area contributed by atoms with Crippen LogP contribution in [-0.2, 0) is 4.74 Å². The van der Waals surface area contributed by atoms with Gasteiger partial charge in [-0.05, 0) is 28.1 Å². The molecule has 0 aliphatic carbocycles. The monoisotopic (exact) mass is 371 g/mol. The molecule has 6 heteroatoms. The second kappa shape index (κ2) is 5.32. The van der Waals surface area contributed by atoms with Gasteiger partial charge in [0.1, 0.15) is 9.66 Å². The van der Waals surface area contributed by atoms with E-state index in [1.807, 2.05) is 30.3 Å². The first-order valence-electron chi connectivity index (χ1n) is 5.43. The smallest absolute Gasteiger partial charge is 0.176 e. The minimum Gasteiger partial charge on any atom is -0.485 e. The fraction of sp³-hybridized carbons (Fsp3) is 0.0769. The van der Waals surface area contributed by atoms with Gasteiger partial charge >= 0.3 is 0 Å². The van der Waals surface area contributed by atoms with Crippen LogP contribution in [0.1, 0.15) is 11.7 Å². The number of rotatable bonds is 1. The van der Waals surface area contributed by atoms with Crippen LogP contribution >= 0.6 is 51.1 Å². The Morgan fingerprint density at radius 3 is 2.95 bits per heavy atom. The first kappa shape index (κ1) is 13.2. The highest BCUT2D eigenvalue weighted by atomic mass is 79.9. The molecule has 1 aromatic carbocycles. The van der Waals surface area contributed by atoms with E-state index in [9.17, 15) is 0 Å². The van der Waals surface area contributed by atoms with Crippen LogP contribution < -0.4 is 9.89 Å². The van der Waals surface area contributed by atoms with E-state index < -0.39 is 6.10 Å². The van der Waals surface area contributed by atoms with Crippen LogP contribution in [0.5, 0.6) is 0 Å². The summed E-state index contributed by atoms with van der Waals surface area (Å²) in [5, 5.41) is 1.55. The molecule has 1 aliphatic rings. The molecule has 2 nitrogen and oxygen atoms in total. The quantitative estimate of drug-likeness (QED) is 0.713. The molecule has 96 valence electrons. The highest BCUT2D eigenvalue weighted by Crippen LogP contribution is 2.28. The van der Waals surface area contributed by atoms with E-state index in [2.05, 4.69) is 20.9 Å². The predicted octanol–water partition coefficient (Wildman–Crippen LogP) is 3.62. The molecule has 3 rings (SSSR count). The van der Waals surface area contributed by atoms with E-state index in [1.165, 1.54) is 11.3 Å². The maximum absolute atomic E-state index is 6.19. The minimum atomic E-state index is -0.415. The Bertz CT molecular complexity index is 771. The lowest BCUT2D eigenvalue weighted by atomic mass is 10.1. The summed E-state index contributed by atoms with van der Waals surface area (Å²) in [6, 6.07) is 9.46. The predicted molar refractivity (Wildman–Crippen MR) is 85.1 cm³/mol. The van der Waals surface area contributed by atoms with Crippen molar-refractivity contribution in [3.8, 4) is 0 Å². The number of nitrogens with zero attached hydrogens (tertiary/aromatic N) is 1. The van der Waals surface area contributed by atoms with Gasteiger partial charge < -0.3 is 4.74 Å². The molecular formula is C13H7BrClNOS2. The van der Waals surface area contributed by atoms with Crippen molar-refractivity contribution in [1.82, 2.24) is 0 Å². The Balaban J connectivity index is 2.09. The summed E-state index contributed by atoms with van der Waals surface area (Å²) < 4.78 is 7.62. The van der Waals surface area contributed by atoms with Gasteiger partial charge in [0.25, 0.3) is 0 Å². The zero-order valence-corrected chi connectivity index (χ0v) is 13.4. The van der Waals surface area contributed by atoms with Crippen molar-refractivity contribution in [3.63, 3.8) is 0 Å². The van der Waals surface area contributed by atoms with E-state index in [-0.39, 0.29) is 0 Å². The van der Waals surface area contributed by atoms with Crippen molar-refractivity contribution in [3.05, 3.63) is 54.6 Å². The number of fused-ring (bicyclic) bond motifs is 1. The zero-order chi connectivity index (χ0) is 13.4. The van der Waals surface area contributed by atoms with Crippen LogP contribution in [0.15, 0.2) is 39.1 Å². The Morgan fingerprint density at radius 1 is 1.37 bits per heavy atom. The number of hydrogen-bond acceptors (Lipinski definition) is 3. The maximum Gasteiger partial charge on any atom is 0.176 e. The average molecular weight is 373 g/mol. The van der Waals surface area contributed by atoms with Crippen LogP contribution in [-0.4, -0.2) is 4.99 Å². The van der Waals surface area contributed by atoms with Crippen LogP contribution in [0.2, 0.25) is 5.02 Å². The molecular weight excluding hydrogens is 366 g/mol. The normalized spacial score (nSPS) is 17.8. The van der Waals surface area contributed by atoms with Gasteiger partial charge in [-0.3, -0.25) is 0 Å². The van der Waals surface area contributed by atoms with Crippen molar-refractivity contribution < 1.29 is 4.74 Å². The number of thiophene rings is 1. The summed E-state index contributed by atoms with van der Waals surface area (Å²) in [7, 11) is 0. The van der Waals surface area contributed by atoms with Gasteiger partial charge in [-0.2, -0.15) is 0 Å². The Hall–Kier alpha value is -0.750. The Labute approximate surface area is 132 Å². The zero-order valence-electron chi connectivity index (χ0n) is 9.47. The molecule has 1 aliphatic heterocycles. The molecule has 1 aromatic heterocycles. The highest BCUT2D eigenvalue weighted by Gasteiger charge is 2.21. The lowest BCUT2D eigenvalue weighted by molar-refractivity contribution is 0.251. The number of halogens is 2. The Morgan fingerprint density at radius 2 is 2.16 bits per heavy atom. The molecule has 19 heavy (non-hydrogen) atoms. The van der Waals surface area contributed by atoms with Gasteiger partial charge in [0.05, 0.1) is 10.0 Å². The molecule has 0 radical (unpaired) electrons. The molecule has 2 heterocycles. The van der Waals surface area contributed by atoms with Gasteiger partial charge in [-0.15, -0.1) is 11.3 Å². The number of benzene rings is 1. The summed E-state index contributed by atoms with van der Waals surface area (Å²) in [6.45, 7) is 0. The van der Waals surface area contributed by atoms with Crippen LogP contribution in [0.3, 0.4) is 0 Å². The molecule has 0 saturated heterocycles. The van der Waals surface area contributed by atoms with Gasteiger partial charge in [0, 0.05) is 15.8 Å². The van der Waals surface area contributed by atoms with Crippen molar-refractivity contribution >= 4 is 62.3 Å². The third-order valence-corrected chi connectivity index (χ3v) is 4.86. The van der Waals surface area contributed by atoms with Crippen molar-refractivity contribution in [2.45, 2.75) is 6.10 Å². The molecule has 1 unspecified atom stereocenters. The van der Waals surface area contributed by atoms with Crippen LogP contribution in [0, 0.1) is 0 Å². The topological polar surface area (TPSA) is 21.6 Å². The largest absolute Gasteiger partial charge is 0.485 e. The van der Waals surface area contributed by atoms with Gasteiger partial charge in [-0.25, -0.2) is 4.99 Å². The van der Waals surface area contributed by atoms with Gasteiger partial charge in [0.2, 0.25) is 0 Å². The number of hydrogen-bond donors (Lipinski definition) is 0. The summed E-state index contributed by atoms with van der Waals surface area (Å²) in [5.74, 6) is 0. The standard InChI is InChI=1S/C13H7BrClNOS2/c14-10-5-7-6-17-11(12(18)16-13(7)19-10)8-3-1-2-4-9(8)15/h1-6,11H. The van der Waals surface area contributed by atoms with Crippen LogP contribution in [0.25, 0.3) is 6.26 Å². The van der Waals surface area contributed by atoms with E-state index in [4.69, 9.17) is 28.6 Å². The molecule has 0 saturated carbocycles. The third-order valence-electron chi connectivity index (χ3n) is 2.66. The van der Waals surface area contributed by atoms with E-state index in [0.29, 0.717) is 10.0 Å². The fourth-order valence-electron chi connectivity index (χ4n) is 1.79. The van der Waals surface area contributed by atoms with Gasteiger partial charge in [0.15, 0.2) is 6.10 Å². The third kappa shape index (κ3) is 2.60. The lowest BCUT2D eigenvalue weighted by Gasteiger charge is -2.15. The first-order valence-corrected chi connectivity index (χ1v) is 7.83. The summed E-state index contributed by atoms with van der Waals surface area (Å²) in [4.78, 5) is 4.95. The number of ether oxygens (including phenoxy) is 1. The van der Waals surface area contributed by atoms with Crippen molar-refractivity contribution in [2.75, 3.05) is 0 Å². The Kier molecular flexibility index (Phi) is 3.71. The number of thiocarbonyl (C=S) groups is 1. The van der Waals surface area contributed by atoms with E-state index >= 15 is 0 Å². The molecule has 0 bridgehead atoms. The van der Waals surface area contributed by atoms with E-state index in [1.54, 1.807) is 6.26 Å². The van der Waals surface area contributed by atoms with Gasteiger partial charge in [-0.1, -0.05) is 42.0 Å². The molecule has 0 fully saturated rings. The van der Waals surface area contributed by atoms with Crippen molar-refractivity contribution in [1.29, 1.82) is 0 Å². The molecule has 0 spiro atoms. The fourth-order valence-corrected chi connectivity index (χ4v) is 3.80. The highest BCUT2D eigenvalue weighted by molar-refractivity contribution is 9.11. The van der Waals surface area contributed by atoms with Crippen molar-refractivity contribution in [2.24, 2.45) is 4.99 Å². The average Bonchev–Trinajstić information content (AvgIpc) is 2.64. The second-order valence-electron chi connectivity index (χ2n) is 3.92. The van der Waals surface area contributed by atoms with Crippen LogP contribution in [0.4, 0.5) is 0 Å². The summed E-state index contributed by atoms with van der Waals surface area (Å²) in [6.07, 6.45) is 1.27.